The molecule has 2 aromatic rings. The third-order valence-corrected chi connectivity index (χ3v) is 7.09. The maximum atomic E-state index is 13.3. The molecule has 4 unspecified atom stereocenters. The largest absolute Gasteiger partial charge is 0.494 e. The second-order valence-corrected chi connectivity index (χ2v) is 9.79. The number of benzene rings is 2. The summed E-state index contributed by atoms with van der Waals surface area (Å²) in [5.41, 5.74) is 1.10. The van der Waals surface area contributed by atoms with Gasteiger partial charge in [-0.3, -0.25) is 19.3 Å². The van der Waals surface area contributed by atoms with E-state index in [1.54, 1.807) is 19.2 Å². The second-order valence-electron chi connectivity index (χ2n) is 9.79. The molecule has 1 saturated carbocycles. The van der Waals surface area contributed by atoms with Gasteiger partial charge in [-0.2, -0.15) is 5.06 Å². The number of anilines is 1. The molecular formula is C27H32N2O6. The molecule has 186 valence electrons. The van der Waals surface area contributed by atoms with Crippen molar-refractivity contribution < 1.29 is 28.7 Å². The molecule has 2 saturated heterocycles. The Labute approximate surface area is 205 Å². The number of carbonyl (C=O) groups is 2. The van der Waals surface area contributed by atoms with Crippen LogP contribution in [-0.2, 0) is 19.3 Å². The van der Waals surface area contributed by atoms with E-state index in [0.717, 1.165) is 30.8 Å². The Morgan fingerprint density at radius 3 is 2.14 bits per heavy atom. The summed E-state index contributed by atoms with van der Waals surface area (Å²) in [6, 6.07) is 15.4. The van der Waals surface area contributed by atoms with E-state index in [9.17, 15) is 9.59 Å². The first kappa shape index (κ1) is 23.6. The van der Waals surface area contributed by atoms with Crippen molar-refractivity contribution in [2.75, 3.05) is 25.3 Å². The summed E-state index contributed by atoms with van der Waals surface area (Å²) in [5.74, 6) is 0.159. The van der Waals surface area contributed by atoms with Gasteiger partial charge in [-0.1, -0.05) is 17.7 Å². The Bertz CT molecular complexity index is 1070. The minimum absolute atomic E-state index is 0.201. The van der Waals surface area contributed by atoms with Crippen molar-refractivity contribution in [3.8, 4) is 11.5 Å². The van der Waals surface area contributed by atoms with Crippen LogP contribution in [0, 0.1) is 18.8 Å². The van der Waals surface area contributed by atoms with Gasteiger partial charge in [0.2, 0.25) is 0 Å². The molecule has 2 aromatic carbocycles. The number of hydroxylamine groups is 3. The van der Waals surface area contributed by atoms with Gasteiger partial charge in [0.1, 0.15) is 23.2 Å². The number of rotatable bonds is 9. The fraction of sp³-hybridized carbons (Fsp3) is 0.481. The lowest BCUT2D eigenvalue weighted by Gasteiger charge is -2.43. The van der Waals surface area contributed by atoms with Crippen molar-refractivity contribution in [2.45, 2.75) is 51.2 Å². The molecule has 0 radical (unpaired) electrons. The van der Waals surface area contributed by atoms with Crippen molar-refractivity contribution in [1.82, 2.24) is 5.06 Å². The lowest BCUT2D eigenvalue weighted by atomic mass is 9.83. The lowest BCUT2D eigenvalue weighted by Crippen LogP contribution is -2.60. The van der Waals surface area contributed by atoms with Crippen molar-refractivity contribution in [3.63, 3.8) is 0 Å². The van der Waals surface area contributed by atoms with Crippen LogP contribution in [0.3, 0.4) is 0 Å². The van der Waals surface area contributed by atoms with Gasteiger partial charge in [0.15, 0.2) is 0 Å². The minimum Gasteiger partial charge on any atom is -0.494 e. The first-order valence-corrected chi connectivity index (χ1v) is 12.3. The Balaban J connectivity index is 1.08. The van der Waals surface area contributed by atoms with Crippen molar-refractivity contribution in [2.24, 2.45) is 11.8 Å². The van der Waals surface area contributed by atoms with Gasteiger partial charge in [0, 0.05) is 13.5 Å². The summed E-state index contributed by atoms with van der Waals surface area (Å²) >= 11 is 0. The molecule has 8 heteroatoms. The van der Waals surface area contributed by atoms with E-state index in [4.69, 9.17) is 19.1 Å². The highest BCUT2D eigenvalue weighted by Crippen LogP contribution is 2.53. The van der Waals surface area contributed by atoms with E-state index in [1.165, 1.54) is 15.7 Å². The zero-order chi connectivity index (χ0) is 24.6. The maximum absolute atomic E-state index is 13.3. The van der Waals surface area contributed by atoms with E-state index in [2.05, 4.69) is 6.92 Å². The molecule has 3 aliphatic rings. The first-order chi connectivity index (χ1) is 16.9. The molecule has 2 aliphatic heterocycles. The summed E-state index contributed by atoms with van der Waals surface area (Å²) < 4.78 is 11.6. The van der Waals surface area contributed by atoms with Gasteiger partial charge < -0.3 is 9.47 Å². The zero-order valence-corrected chi connectivity index (χ0v) is 20.4. The molecule has 0 N–H and O–H groups in total. The second kappa shape index (κ2) is 9.51. The summed E-state index contributed by atoms with van der Waals surface area (Å²) in [6.45, 7) is 5.24. The Hall–Kier alpha value is -3.10. The van der Waals surface area contributed by atoms with Crippen molar-refractivity contribution in [3.05, 3.63) is 54.1 Å². The molecule has 2 heterocycles. The van der Waals surface area contributed by atoms with Crippen LogP contribution >= 0.6 is 0 Å². The lowest BCUT2D eigenvalue weighted by molar-refractivity contribution is -0.256. The van der Waals surface area contributed by atoms with Crippen LogP contribution in [0.5, 0.6) is 11.5 Å². The van der Waals surface area contributed by atoms with Gasteiger partial charge in [-0.05, 0) is 69.5 Å². The maximum Gasteiger partial charge on any atom is 0.257 e. The number of hydrogen-bond donors (Lipinski definition) is 0. The van der Waals surface area contributed by atoms with Crippen LogP contribution in [-0.4, -0.2) is 48.8 Å². The number of aryl methyl sites for hydroxylation is 1. The fourth-order valence-electron chi connectivity index (χ4n) is 5.30. The molecule has 4 bridgehead atoms. The van der Waals surface area contributed by atoms with Gasteiger partial charge in [-0.25, -0.2) is 5.06 Å². The van der Waals surface area contributed by atoms with Gasteiger partial charge in [0.05, 0.1) is 30.7 Å². The number of hydrogen-bond acceptors (Lipinski definition) is 6. The SMILES string of the molecule is Cc1ccc(OCCCCCOc2ccc(N3OC4CC5(C)ON(C)C(=O)C4C5C3=O)cc2)cc1. The normalized spacial score (nSPS) is 27.3. The summed E-state index contributed by atoms with van der Waals surface area (Å²) in [5, 5.41) is 2.56. The third-order valence-electron chi connectivity index (χ3n) is 7.09. The van der Waals surface area contributed by atoms with Gasteiger partial charge in [-0.15, -0.1) is 0 Å². The van der Waals surface area contributed by atoms with Crippen LogP contribution in [0.2, 0.25) is 0 Å². The summed E-state index contributed by atoms with van der Waals surface area (Å²) in [6.07, 6.45) is 3.02. The summed E-state index contributed by atoms with van der Waals surface area (Å²) in [7, 11) is 1.59. The molecule has 5 rings (SSSR count). The molecule has 2 amide bonds. The van der Waals surface area contributed by atoms with Crippen LogP contribution in [0.4, 0.5) is 5.69 Å². The van der Waals surface area contributed by atoms with E-state index < -0.39 is 17.4 Å². The number of ether oxygens (including phenoxy) is 2. The predicted octanol–water partition coefficient (Wildman–Crippen LogP) is 4.07. The highest BCUT2D eigenvalue weighted by Gasteiger charge is 2.67. The molecule has 1 aliphatic carbocycles. The van der Waals surface area contributed by atoms with Crippen LogP contribution in [0.1, 0.15) is 38.2 Å². The molecule has 4 atom stereocenters. The van der Waals surface area contributed by atoms with Crippen LogP contribution < -0.4 is 14.5 Å². The van der Waals surface area contributed by atoms with Crippen LogP contribution in [0.25, 0.3) is 0 Å². The van der Waals surface area contributed by atoms with E-state index >= 15 is 0 Å². The average molecular weight is 481 g/mol. The Kier molecular flexibility index (Phi) is 6.42. The van der Waals surface area contributed by atoms with E-state index in [1.807, 2.05) is 43.3 Å². The van der Waals surface area contributed by atoms with E-state index in [0.29, 0.717) is 25.3 Å². The molecular weight excluding hydrogens is 448 g/mol. The predicted molar refractivity (Wildman–Crippen MR) is 129 cm³/mol. The summed E-state index contributed by atoms with van der Waals surface area (Å²) in [4.78, 5) is 37.6. The molecule has 0 aromatic heterocycles. The minimum atomic E-state index is -0.738. The molecule has 35 heavy (non-hydrogen) atoms. The Morgan fingerprint density at radius 2 is 1.51 bits per heavy atom. The van der Waals surface area contributed by atoms with E-state index in [-0.39, 0.29) is 17.9 Å². The Morgan fingerprint density at radius 1 is 0.914 bits per heavy atom. The van der Waals surface area contributed by atoms with Gasteiger partial charge >= 0.3 is 0 Å². The molecule has 8 nitrogen and oxygen atoms in total. The van der Waals surface area contributed by atoms with Gasteiger partial charge in [0.25, 0.3) is 11.8 Å². The van der Waals surface area contributed by atoms with Crippen molar-refractivity contribution >= 4 is 17.5 Å². The number of carbonyl (C=O) groups excluding carboxylic acids is 2. The number of nitrogens with zero attached hydrogens (tertiary/aromatic N) is 2. The highest BCUT2D eigenvalue weighted by molar-refractivity contribution is 5.99. The van der Waals surface area contributed by atoms with Crippen molar-refractivity contribution in [1.29, 1.82) is 0 Å². The first-order valence-electron chi connectivity index (χ1n) is 12.3. The molecule has 3 fully saturated rings. The fourth-order valence-corrected chi connectivity index (χ4v) is 5.30. The zero-order valence-electron chi connectivity index (χ0n) is 20.4. The topological polar surface area (TPSA) is 77.5 Å². The standard InChI is InChI=1S/C27H32N2O6/c1-18-7-11-20(12-8-18)32-15-5-4-6-16-33-21-13-9-19(10-14-21)29-26(31)24-23-22(34-29)17-27(24,2)35-28(3)25(23)30/h7-14,22-24H,4-6,15-17H2,1-3H3. The molecule has 0 spiro atoms. The highest BCUT2D eigenvalue weighted by atomic mass is 16.7. The van der Waals surface area contributed by atoms with Crippen LogP contribution in [0.15, 0.2) is 48.5 Å². The third kappa shape index (κ3) is 4.60. The number of amides is 2. The smallest absolute Gasteiger partial charge is 0.257 e. The number of unbranched alkanes of at least 4 members (excludes halogenated alkanes) is 2. The monoisotopic (exact) mass is 480 g/mol. The average Bonchev–Trinajstić information content (AvgIpc) is 3.01. The quantitative estimate of drug-likeness (QED) is 0.504.